The summed E-state index contributed by atoms with van der Waals surface area (Å²) >= 11 is 0. The third-order valence-corrected chi connectivity index (χ3v) is 6.54. The van der Waals surface area contributed by atoms with Crippen LogP contribution < -0.4 is 0 Å². The van der Waals surface area contributed by atoms with Gasteiger partial charge in [0, 0.05) is 18.1 Å². The SMILES string of the molecule is COC1=CC(=O)c2c(O)c3c(c(C)c2C1=O)CC1(O)C(O)C(=O)C(C(C)=O)=C(O)C1(O)C3=O. The molecule has 0 saturated heterocycles. The van der Waals surface area contributed by atoms with Gasteiger partial charge >= 0.3 is 0 Å². The van der Waals surface area contributed by atoms with Gasteiger partial charge < -0.3 is 30.3 Å². The van der Waals surface area contributed by atoms with Crippen LogP contribution in [0.15, 0.2) is 23.2 Å². The van der Waals surface area contributed by atoms with Gasteiger partial charge in [0.25, 0.3) is 0 Å². The fourth-order valence-electron chi connectivity index (χ4n) is 4.81. The van der Waals surface area contributed by atoms with Gasteiger partial charge in [0.05, 0.1) is 18.2 Å². The number of carbonyl (C=O) groups is 5. The Balaban J connectivity index is 2.11. The van der Waals surface area contributed by atoms with Gasteiger partial charge in [-0.05, 0) is 25.0 Å². The molecule has 33 heavy (non-hydrogen) atoms. The topological polar surface area (TPSA) is 196 Å². The minimum Gasteiger partial charge on any atom is -0.508 e. The van der Waals surface area contributed by atoms with Crippen LogP contribution in [0.25, 0.3) is 0 Å². The number of aliphatic hydroxyl groups is 4. The van der Waals surface area contributed by atoms with Crippen LogP contribution in [-0.4, -0.2) is 78.9 Å². The van der Waals surface area contributed by atoms with Crippen LogP contribution in [0.2, 0.25) is 0 Å². The van der Waals surface area contributed by atoms with Gasteiger partial charge in [-0.3, -0.25) is 24.0 Å². The second-order valence-electron chi connectivity index (χ2n) is 8.17. The number of phenols is 1. The molecule has 0 aromatic heterocycles. The van der Waals surface area contributed by atoms with E-state index in [1.54, 1.807) is 0 Å². The Hall–Kier alpha value is -3.67. The first kappa shape index (κ1) is 22.5. The molecule has 0 aliphatic heterocycles. The highest BCUT2D eigenvalue weighted by Gasteiger charge is 2.70. The van der Waals surface area contributed by atoms with Crippen molar-refractivity contribution in [1.29, 1.82) is 0 Å². The van der Waals surface area contributed by atoms with Crippen LogP contribution in [0, 0.1) is 6.92 Å². The summed E-state index contributed by atoms with van der Waals surface area (Å²) in [6, 6.07) is 0. The molecule has 0 spiro atoms. The minimum atomic E-state index is -3.40. The number of aromatic hydroxyl groups is 1. The van der Waals surface area contributed by atoms with Crippen LogP contribution in [0.5, 0.6) is 5.75 Å². The van der Waals surface area contributed by atoms with Crippen molar-refractivity contribution >= 4 is 28.9 Å². The van der Waals surface area contributed by atoms with Crippen molar-refractivity contribution in [1.82, 2.24) is 0 Å². The van der Waals surface area contributed by atoms with E-state index in [-0.39, 0.29) is 22.4 Å². The van der Waals surface area contributed by atoms with Crippen molar-refractivity contribution < 1.29 is 54.2 Å². The van der Waals surface area contributed by atoms with E-state index in [9.17, 15) is 49.5 Å². The number of Topliss-reactive ketones (excluding diaryl/α,β-unsaturated/α-hetero) is 4. The Bertz CT molecular complexity index is 1300. The van der Waals surface area contributed by atoms with E-state index < -0.39 is 80.9 Å². The Kier molecular flexibility index (Phi) is 4.55. The Morgan fingerprint density at radius 3 is 2.24 bits per heavy atom. The molecule has 3 atom stereocenters. The molecular weight excluding hydrogens is 440 g/mol. The molecule has 1 aromatic rings. The molecule has 0 amide bonds. The number of allylic oxidation sites excluding steroid dienone is 2. The monoisotopic (exact) mass is 458 g/mol. The van der Waals surface area contributed by atoms with Crippen LogP contribution in [-0.2, 0) is 20.7 Å². The van der Waals surface area contributed by atoms with Crippen molar-refractivity contribution in [2.75, 3.05) is 7.11 Å². The minimum absolute atomic E-state index is 0.0527. The number of hydrogen-bond donors (Lipinski definition) is 5. The predicted octanol–water partition coefficient (Wildman–Crippen LogP) is -0.844. The number of ketones is 5. The van der Waals surface area contributed by atoms with Crippen molar-refractivity contribution in [3.63, 3.8) is 0 Å². The lowest BCUT2D eigenvalue weighted by molar-refractivity contribution is -0.189. The van der Waals surface area contributed by atoms with E-state index >= 15 is 0 Å². The van der Waals surface area contributed by atoms with Crippen molar-refractivity contribution in [3.8, 4) is 5.75 Å². The number of phenolic OH excluding ortho intramolecular Hbond substituents is 1. The van der Waals surface area contributed by atoms with Crippen molar-refractivity contribution in [2.45, 2.75) is 37.6 Å². The highest BCUT2D eigenvalue weighted by molar-refractivity contribution is 6.28. The fraction of sp³-hybridized carbons (Fsp3) is 0.318. The molecule has 3 aliphatic carbocycles. The summed E-state index contributed by atoms with van der Waals surface area (Å²) in [6.07, 6.45) is -2.60. The average molecular weight is 458 g/mol. The van der Waals surface area contributed by atoms with Crippen LogP contribution in [0.4, 0.5) is 0 Å². The first-order valence-corrected chi connectivity index (χ1v) is 9.65. The normalized spacial score (nSPS) is 28.8. The van der Waals surface area contributed by atoms with Gasteiger partial charge in [-0.2, -0.15) is 0 Å². The number of fused-ring (bicyclic) bond motifs is 3. The first-order chi connectivity index (χ1) is 15.2. The van der Waals surface area contributed by atoms with Crippen LogP contribution >= 0.6 is 0 Å². The number of aliphatic hydroxyl groups excluding tert-OH is 2. The zero-order valence-electron chi connectivity index (χ0n) is 17.5. The van der Waals surface area contributed by atoms with Gasteiger partial charge in [-0.25, -0.2) is 0 Å². The summed E-state index contributed by atoms with van der Waals surface area (Å²) < 4.78 is 4.89. The first-order valence-electron chi connectivity index (χ1n) is 9.65. The molecule has 11 nitrogen and oxygen atoms in total. The van der Waals surface area contributed by atoms with Gasteiger partial charge in [-0.15, -0.1) is 0 Å². The van der Waals surface area contributed by atoms with Gasteiger partial charge in [0.15, 0.2) is 17.3 Å². The van der Waals surface area contributed by atoms with E-state index in [0.717, 1.165) is 20.1 Å². The maximum atomic E-state index is 13.4. The number of carbonyl (C=O) groups excluding carboxylic acids is 5. The third kappa shape index (κ3) is 2.41. The van der Waals surface area contributed by atoms with E-state index in [0.29, 0.717) is 0 Å². The zero-order chi connectivity index (χ0) is 24.8. The summed E-state index contributed by atoms with van der Waals surface area (Å²) in [4.78, 5) is 63.3. The van der Waals surface area contributed by atoms with E-state index in [2.05, 4.69) is 0 Å². The van der Waals surface area contributed by atoms with E-state index in [1.165, 1.54) is 6.92 Å². The molecule has 4 rings (SSSR count). The van der Waals surface area contributed by atoms with Crippen LogP contribution in [0.3, 0.4) is 0 Å². The molecule has 11 heteroatoms. The number of ether oxygens (including phenoxy) is 1. The van der Waals surface area contributed by atoms with Crippen LogP contribution in [0.1, 0.15) is 49.1 Å². The van der Waals surface area contributed by atoms with E-state index in [4.69, 9.17) is 4.74 Å². The average Bonchev–Trinajstić information content (AvgIpc) is 2.74. The molecule has 3 unspecified atom stereocenters. The molecular formula is C22H18O11. The number of hydrogen-bond acceptors (Lipinski definition) is 11. The molecule has 1 aromatic carbocycles. The fourth-order valence-corrected chi connectivity index (χ4v) is 4.81. The molecule has 0 saturated carbocycles. The Morgan fingerprint density at radius 1 is 1.09 bits per heavy atom. The lowest BCUT2D eigenvalue weighted by atomic mass is 9.59. The highest BCUT2D eigenvalue weighted by Crippen LogP contribution is 2.51. The third-order valence-electron chi connectivity index (χ3n) is 6.54. The molecule has 0 fully saturated rings. The maximum Gasteiger partial charge on any atom is 0.228 e. The molecule has 0 bridgehead atoms. The van der Waals surface area contributed by atoms with Gasteiger partial charge in [-0.1, -0.05) is 0 Å². The second kappa shape index (κ2) is 6.67. The molecule has 3 aliphatic rings. The van der Waals surface area contributed by atoms with Crippen molar-refractivity contribution in [2.24, 2.45) is 0 Å². The summed E-state index contributed by atoms with van der Waals surface area (Å²) in [5.74, 6) is -8.58. The Morgan fingerprint density at radius 2 is 1.70 bits per heavy atom. The number of benzene rings is 1. The Labute approximate surface area is 185 Å². The smallest absolute Gasteiger partial charge is 0.228 e. The number of rotatable bonds is 2. The lowest BCUT2D eigenvalue weighted by Gasteiger charge is -2.50. The summed E-state index contributed by atoms with van der Waals surface area (Å²) in [5.41, 5.74) is -9.41. The maximum absolute atomic E-state index is 13.4. The quantitative estimate of drug-likeness (QED) is 0.346. The summed E-state index contributed by atoms with van der Waals surface area (Å²) in [5, 5.41) is 54.3. The van der Waals surface area contributed by atoms with Crippen molar-refractivity contribution in [3.05, 3.63) is 51.0 Å². The molecule has 0 heterocycles. The molecule has 172 valence electrons. The zero-order valence-corrected chi connectivity index (χ0v) is 17.5. The summed E-state index contributed by atoms with van der Waals surface area (Å²) in [6.45, 7) is 2.14. The second-order valence-corrected chi connectivity index (χ2v) is 8.17. The number of methoxy groups -OCH3 is 1. The lowest BCUT2D eigenvalue weighted by Crippen LogP contribution is -2.73. The van der Waals surface area contributed by atoms with E-state index in [1.807, 2.05) is 0 Å². The van der Waals surface area contributed by atoms with Gasteiger partial charge in [0.2, 0.25) is 23.0 Å². The highest BCUT2D eigenvalue weighted by atomic mass is 16.5. The predicted molar refractivity (Wildman–Crippen MR) is 106 cm³/mol. The van der Waals surface area contributed by atoms with Gasteiger partial charge in [0.1, 0.15) is 28.8 Å². The molecule has 0 radical (unpaired) electrons. The molecule has 5 N–H and O–H groups in total. The summed E-state index contributed by atoms with van der Waals surface area (Å²) in [7, 11) is 1.15. The standard InChI is InChI=1S/C22H18O11/c1-6-8-5-21(31)20(30)17(27)12(7(2)23)18(28)22(21,32)19(29)13(8)16(26)14-9(24)4-10(33-3)15(25)11(6)14/h4,20,26,28,30-32H,5H2,1-3H3. The largest absolute Gasteiger partial charge is 0.508 e.